The third-order valence-corrected chi connectivity index (χ3v) is 6.23. The maximum Gasteiger partial charge on any atom is 0.377 e. The first-order valence-corrected chi connectivity index (χ1v) is 11.7. The number of nitrogens with zero attached hydrogens (tertiary/aromatic N) is 1. The number of aryl methyl sites for hydroxylation is 1. The lowest BCUT2D eigenvalue weighted by Gasteiger charge is -2.34. The first-order valence-electron chi connectivity index (χ1n) is 11.7. The van der Waals surface area contributed by atoms with Crippen molar-refractivity contribution in [1.29, 1.82) is 0 Å². The predicted octanol–water partition coefficient (Wildman–Crippen LogP) is 2.53. The Labute approximate surface area is 213 Å². The molecular formula is C27H29NO9. The zero-order valence-corrected chi connectivity index (χ0v) is 20.2. The van der Waals surface area contributed by atoms with Crippen molar-refractivity contribution in [3.8, 4) is 0 Å². The fourth-order valence-electron chi connectivity index (χ4n) is 4.16. The van der Waals surface area contributed by atoms with Crippen LogP contribution in [0.1, 0.15) is 24.5 Å². The van der Waals surface area contributed by atoms with Gasteiger partial charge in [0, 0.05) is 6.04 Å². The highest BCUT2D eigenvalue weighted by molar-refractivity contribution is 6.01. The average Bonchev–Trinajstić information content (AvgIpc) is 3.35. The summed E-state index contributed by atoms with van der Waals surface area (Å²) in [6.07, 6.45) is 3.45. The molecule has 1 aliphatic rings. The summed E-state index contributed by atoms with van der Waals surface area (Å²) in [5, 5.41) is 28.2. The first kappa shape index (κ1) is 27.6. The van der Waals surface area contributed by atoms with Gasteiger partial charge in [-0.1, -0.05) is 72.8 Å². The monoisotopic (exact) mass is 511 g/mol. The molecule has 0 radical (unpaired) electrons. The molecule has 0 aliphatic carbocycles. The van der Waals surface area contributed by atoms with Gasteiger partial charge in [-0.25, -0.2) is 9.59 Å². The lowest BCUT2D eigenvalue weighted by atomic mass is 9.91. The first-order chi connectivity index (χ1) is 17.6. The zero-order valence-electron chi connectivity index (χ0n) is 20.2. The highest BCUT2D eigenvalue weighted by Crippen LogP contribution is 2.28. The molecule has 1 saturated heterocycles. The minimum Gasteiger partial charge on any atom is -0.480 e. The van der Waals surface area contributed by atoms with E-state index in [1.807, 2.05) is 72.8 Å². The van der Waals surface area contributed by atoms with Gasteiger partial charge in [0.05, 0.1) is 6.61 Å². The molecule has 10 heteroatoms. The Hall–Kier alpha value is -4.02. The molecule has 37 heavy (non-hydrogen) atoms. The van der Waals surface area contributed by atoms with E-state index >= 15 is 0 Å². The molecule has 2 aromatic rings. The third kappa shape index (κ3) is 6.81. The van der Waals surface area contributed by atoms with Gasteiger partial charge in [0.15, 0.2) is 6.10 Å². The number of benzene rings is 2. The number of rotatable bonds is 12. The van der Waals surface area contributed by atoms with Crippen LogP contribution in [0.3, 0.4) is 0 Å². The van der Waals surface area contributed by atoms with Crippen LogP contribution in [0.4, 0.5) is 0 Å². The van der Waals surface area contributed by atoms with Crippen molar-refractivity contribution in [3.05, 3.63) is 77.9 Å². The molecule has 3 atom stereocenters. The van der Waals surface area contributed by atoms with Gasteiger partial charge in [0.2, 0.25) is 0 Å². The lowest BCUT2D eigenvalue weighted by Crippen LogP contribution is -2.52. The van der Waals surface area contributed by atoms with Crippen LogP contribution < -0.4 is 0 Å². The van der Waals surface area contributed by atoms with E-state index in [1.165, 1.54) is 0 Å². The van der Waals surface area contributed by atoms with Gasteiger partial charge in [-0.05, 0) is 36.8 Å². The normalized spacial score (nSPS) is 18.2. The molecule has 0 aromatic heterocycles. The van der Waals surface area contributed by atoms with Crippen LogP contribution in [0.5, 0.6) is 0 Å². The highest BCUT2D eigenvalue weighted by Gasteiger charge is 2.58. The van der Waals surface area contributed by atoms with Crippen molar-refractivity contribution >= 4 is 29.9 Å². The second-order valence-corrected chi connectivity index (χ2v) is 8.70. The molecule has 196 valence electrons. The average molecular weight is 512 g/mol. The Morgan fingerprint density at radius 1 is 1.00 bits per heavy atom. The Balaban J connectivity index is 1.87. The summed E-state index contributed by atoms with van der Waals surface area (Å²) in [7, 11) is 0. The van der Waals surface area contributed by atoms with Crippen molar-refractivity contribution in [2.45, 2.75) is 37.7 Å². The van der Waals surface area contributed by atoms with Crippen LogP contribution in [0.25, 0.3) is 6.08 Å². The van der Waals surface area contributed by atoms with Crippen molar-refractivity contribution in [2.24, 2.45) is 5.92 Å². The van der Waals surface area contributed by atoms with Crippen LogP contribution in [0.15, 0.2) is 66.7 Å². The number of carbonyl (C=O) groups is 4. The van der Waals surface area contributed by atoms with Crippen LogP contribution in [-0.2, 0) is 35.1 Å². The number of aliphatic carboxylic acids is 3. The van der Waals surface area contributed by atoms with Crippen molar-refractivity contribution in [1.82, 2.24) is 4.90 Å². The summed E-state index contributed by atoms with van der Waals surface area (Å²) in [5.41, 5.74) is 2.00. The SMILES string of the molecule is CC(C(/C=C/c1ccccc1)CCc1ccccc1)N(CC(=O)O)C(=O)C1COC(C(=O)O)(C(=O)O)O1. The molecule has 3 rings (SSSR count). The molecule has 1 heterocycles. The maximum atomic E-state index is 13.4. The van der Waals surface area contributed by atoms with E-state index in [0.29, 0.717) is 12.8 Å². The van der Waals surface area contributed by atoms with Gasteiger partial charge in [0.1, 0.15) is 6.54 Å². The molecule has 1 fully saturated rings. The Morgan fingerprint density at radius 2 is 1.59 bits per heavy atom. The summed E-state index contributed by atoms with van der Waals surface area (Å²) in [6, 6.07) is 18.5. The number of hydrogen-bond acceptors (Lipinski definition) is 6. The number of carbonyl (C=O) groups excluding carboxylic acids is 1. The Morgan fingerprint density at radius 3 is 2.14 bits per heavy atom. The van der Waals surface area contributed by atoms with Gasteiger partial charge in [-0.2, -0.15) is 0 Å². The topological polar surface area (TPSA) is 151 Å². The summed E-state index contributed by atoms with van der Waals surface area (Å²) >= 11 is 0. The molecule has 0 bridgehead atoms. The van der Waals surface area contributed by atoms with Gasteiger partial charge >= 0.3 is 23.7 Å². The number of ether oxygens (including phenoxy) is 2. The highest BCUT2D eigenvalue weighted by atomic mass is 16.8. The summed E-state index contributed by atoms with van der Waals surface area (Å²) < 4.78 is 9.93. The van der Waals surface area contributed by atoms with E-state index < -0.39 is 54.9 Å². The van der Waals surface area contributed by atoms with Gasteiger partial charge < -0.3 is 29.7 Å². The van der Waals surface area contributed by atoms with E-state index in [9.17, 15) is 34.5 Å². The van der Waals surface area contributed by atoms with Crippen LogP contribution >= 0.6 is 0 Å². The predicted molar refractivity (Wildman–Crippen MR) is 131 cm³/mol. The largest absolute Gasteiger partial charge is 0.480 e. The van der Waals surface area contributed by atoms with Crippen LogP contribution in [-0.4, -0.2) is 75.1 Å². The number of carboxylic acids is 3. The standard InChI is InChI=1S/C27H29NO9/c1-18(21(14-12-19-8-4-2-5-9-19)15-13-20-10-6-3-7-11-20)28(16-23(29)30)24(31)22-17-36-27(37-22,25(32)33)26(34)35/h2-12,14,18,21-22H,13,15-17H2,1H3,(H,29,30)(H,32,33)(H,34,35)/b14-12+. The van der Waals surface area contributed by atoms with Gasteiger partial charge in [0.25, 0.3) is 5.91 Å². The second-order valence-electron chi connectivity index (χ2n) is 8.70. The molecule has 3 N–H and O–H groups in total. The summed E-state index contributed by atoms with van der Waals surface area (Å²) in [6.45, 7) is 0.367. The van der Waals surface area contributed by atoms with E-state index in [4.69, 9.17) is 9.47 Å². The molecule has 1 amide bonds. The van der Waals surface area contributed by atoms with E-state index in [-0.39, 0.29) is 5.92 Å². The number of amides is 1. The molecule has 2 aromatic carbocycles. The van der Waals surface area contributed by atoms with E-state index in [1.54, 1.807) is 6.92 Å². The number of hydrogen-bond donors (Lipinski definition) is 3. The molecule has 3 unspecified atom stereocenters. The molecule has 0 saturated carbocycles. The van der Waals surface area contributed by atoms with Crippen molar-refractivity contribution in [2.75, 3.05) is 13.2 Å². The lowest BCUT2D eigenvalue weighted by molar-refractivity contribution is -0.218. The maximum absolute atomic E-state index is 13.4. The van der Waals surface area contributed by atoms with Gasteiger partial charge in [-0.15, -0.1) is 0 Å². The molecule has 0 spiro atoms. The number of carboxylic acid groups (broad SMARTS) is 3. The molecular weight excluding hydrogens is 482 g/mol. The van der Waals surface area contributed by atoms with Gasteiger partial charge in [-0.3, -0.25) is 9.59 Å². The minimum atomic E-state index is -3.03. The zero-order chi connectivity index (χ0) is 27.0. The van der Waals surface area contributed by atoms with Crippen LogP contribution in [0.2, 0.25) is 0 Å². The van der Waals surface area contributed by atoms with Crippen molar-refractivity contribution in [3.63, 3.8) is 0 Å². The van der Waals surface area contributed by atoms with Crippen LogP contribution in [0, 0.1) is 5.92 Å². The Bertz CT molecular complexity index is 1120. The fraction of sp³-hybridized carbons (Fsp3) is 0.333. The quantitative estimate of drug-likeness (QED) is 0.365. The Kier molecular flexibility index (Phi) is 9.15. The molecule has 10 nitrogen and oxygen atoms in total. The third-order valence-electron chi connectivity index (χ3n) is 6.23. The van der Waals surface area contributed by atoms with Crippen molar-refractivity contribution < 1.29 is 44.0 Å². The van der Waals surface area contributed by atoms with E-state index in [0.717, 1.165) is 16.0 Å². The minimum absolute atomic E-state index is 0.297. The molecule has 1 aliphatic heterocycles. The summed E-state index contributed by atoms with van der Waals surface area (Å²) in [4.78, 5) is 49.1. The van der Waals surface area contributed by atoms with E-state index in [2.05, 4.69) is 0 Å². The smallest absolute Gasteiger partial charge is 0.377 e. The fourth-order valence-corrected chi connectivity index (χ4v) is 4.16. The summed E-state index contributed by atoms with van der Waals surface area (Å²) in [5.74, 6) is -9.31. The second kappa shape index (κ2) is 12.3.